The Morgan fingerprint density at radius 2 is 1.94 bits per heavy atom. The van der Waals surface area contributed by atoms with Gasteiger partial charge in [-0.2, -0.15) is 0 Å². The second-order valence-electron chi connectivity index (χ2n) is 6.88. The quantitative estimate of drug-likeness (QED) is 0.694. The summed E-state index contributed by atoms with van der Waals surface area (Å²) in [5.41, 5.74) is 0.230. The third-order valence-electron chi connectivity index (χ3n) is 5.06. The topological polar surface area (TPSA) is 26.3 Å². The van der Waals surface area contributed by atoms with Crippen LogP contribution in [0.15, 0.2) is 0 Å². The molecule has 0 aliphatic heterocycles. The molecular formula is C16H30O2. The molecule has 1 aliphatic rings. The molecule has 3 atom stereocenters. The zero-order chi connectivity index (χ0) is 13.9. The number of esters is 1. The lowest BCUT2D eigenvalue weighted by Gasteiger charge is -2.46. The molecule has 1 rings (SSSR count). The molecule has 0 saturated heterocycles. The van der Waals surface area contributed by atoms with Gasteiger partial charge in [0.2, 0.25) is 0 Å². The average Bonchev–Trinajstić information content (AvgIpc) is 2.30. The molecule has 0 amide bonds. The maximum Gasteiger partial charge on any atom is 0.305 e. The Bertz CT molecular complexity index is 281. The number of hydrogen-bond donors (Lipinski definition) is 0. The second kappa shape index (κ2) is 6.08. The number of ether oxygens (including phenoxy) is 1. The fraction of sp³-hybridized carbons (Fsp3) is 0.938. The molecule has 1 saturated carbocycles. The normalized spacial score (nSPS) is 29.4. The summed E-state index contributed by atoms with van der Waals surface area (Å²) >= 11 is 0. The average molecular weight is 254 g/mol. The Balaban J connectivity index is 2.83. The lowest BCUT2D eigenvalue weighted by atomic mass is 9.62. The Labute approximate surface area is 112 Å². The van der Waals surface area contributed by atoms with Gasteiger partial charge >= 0.3 is 5.97 Å². The first-order valence-electron chi connectivity index (χ1n) is 7.48. The highest BCUT2D eigenvalue weighted by molar-refractivity contribution is 5.69. The smallest absolute Gasteiger partial charge is 0.305 e. The van der Waals surface area contributed by atoms with Crippen molar-refractivity contribution in [2.24, 2.45) is 23.2 Å². The molecule has 106 valence electrons. The van der Waals surface area contributed by atoms with Gasteiger partial charge < -0.3 is 4.74 Å². The van der Waals surface area contributed by atoms with Crippen LogP contribution in [-0.2, 0) is 9.53 Å². The summed E-state index contributed by atoms with van der Waals surface area (Å²) in [5, 5.41) is 0. The monoisotopic (exact) mass is 254 g/mol. The molecule has 18 heavy (non-hydrogen) atoms. The fourth-order valence-electron chi connectivity index (χ4n) is 2.96. The van der Waals surface area contributed by atoms with E-state index in [-0.39, 0.29) is 17.5 Å². The van der Waals surface area contributed by atoms with Crippen molar-refractivity contribution in [1.29, 1.82) is 0 Å². The lowest BCUT2D eigenvalue weighted by molar-refractivity contribution is -0.159. The highest BCUT2D eigenvalue weighted by atomic mass is 16.5. The molecule has 2 nitrogen and oxygen atoms in total. The van der Waals surface area contributed by atoms with Crippen LogP contribution in [0.4, 0.5) is 0 Å². The first kappa shape index (κ1) is 15.5. The highest BCUT2D eigenvalue weighted by Crippen LogP contribution is 2.46. The number of carbonyl (C=O) groups is 1. The Kier molecular flexibility index (Phi) is 5.24. The van der Waals surface area contributed by atoms with E-state index in [9.17, 15) is 4.79 Å². The van der Waals surface area contributed by atoms with Crippen LogP contribution in [0.25, 0.3) is 0 Å². The first-order chi connectivity index (χ1) is 8.28. The van der Waals surface area contributed by atoms with Gasteiger partial charge in [-0.1, -0.05) is 41.5 Å². The summed E-state index contributed by atoms with van der Waals surface area (Å²) in [6.45, 7) is 13.4. The van der Waals surface area contributed by atoms with Crippen LogP contribution in [0, 0.1) is 23.2 Å². The van der Waals surface area contributed by atoms with E-state index < -0.39 is 0 Å². The zero-order valence-corrected chi connectivity index (χ0v) is 13.0. The summed E-state index contributed by atoms with van der Waals surface area (Å²) in [4.78, 5) is 11.6. The Hall–Kier alpha value is -0.530. The van der Waals surface area contributed by atoms with Gasteiger partial charge in [-0.25, -0.2) is 0 Å². The number of carbonyl (C=O) groups excluding carboxylic acids is 1. The maximum absolute atomic E-state index is 11.6. The minimum atomic E-state index is -0.0425. The van der Waals surface area contributed by atoms with E-state index in [0.29, 0.717) is 18.3 Å². The predicted molar refractivity (Wildman–Crippen MR) is 75.3 cm³/mol. The highest BCUT2D eigenvalue weighted by Gasteiger charge is 2.42. The summed E-state index contributed by atoms with van der Waals surface area (Å²) < 4.78 is 5.70. The van der Waals surface area contributed by atoms with Crippen LogP contribution in [-0.4, -0.2) is 12.1 Å². The lowest BCUT2D eigenvalue weighted by Crippen LogP contribution is -2.43. The van der Waals surface area contributed by atoms with E-state index >= 15 is 0 Å². The molecule has 0 aromatic rings. The van der Waals surface area contributed by atoms with Gasteiger partial charge in [-0.15, -0.1) is 0 Å². The zero-order valence-electron chi connectivity index (χ0n) is 13.0. The van der Waals surface area contributed by atoms with Crippen LogP contribution in [0.1, 0.15) is 67.2 Å². The maximum atomic E-state index is 11.6. The van der Waals surface area contributed by atoms with E-state index in [4.69, 9.17) is 4.74 Å². The van der Waals surface area contributed by atoms with E-state index in [1.165, 1.54) is 12.8 Å². The molecule has 0 bridgehead atoms. The summed E-state index contributed by atoms with van der Waals surface area (Å²) in [7, 11) is 0. The van der Waals surface area contributed by atoms with Crippen molar-refractivity contribution in [3.8, 4) is 0 Å². The molecule has 0 heterocycles. The van der Waals surface area contributed by atoms with Crippen LogP contribution in [0.5, 0.6) is 0 Å². The van der Waals surface area contributed by atoms with Crippen LogP contribution in [0.3, 0.4) is 0 Å². The van der Waals surface area contributed by atoms with Crippen molar-refractivity contribution in [1.82, 2.24) is 0 Å². The van der Waals surface area contributed by atoms with E-state index in [1.54, 1.807) is 0 Å². The van der Waals surface area contributed by atoms with Gasteiger partial charge in [0.05, 0.1) is 0 Å². The van der Waals surface area contributed by atoms with Crippen LogP contribution in [0.2, 0.25) is 0 Å². The summed E-state index contributed by atoms with van der Waals surface area (Å²) in [5.74, 6) is 1.82. The van der Waals surface area contributed by atoms with Crippen molar-refractivity contribution < 1.29 is 9.53 Å². The SMILES string of the molecule is CCC(=O)OC1CCC(C)CC1C(C)(C)C(C)C. The van der Waals surface area contributed by atoms with Gasteiger partial charge in [0.25, 0.3) is 0 Å². The number of hydrogen-bond acceptors (Lipinski definition) is 2. The molecule has 0 aromatic heterocycles. The van der Waals surface area contributed by atoms with Crippen molar-refractivity contribution in [2.45, 2.75) is 73.3 Å². The molecule has 0 spiro atoms. The fourth-order valence-corrected chi connectivity index (χ4v) is 2.96. The first-order valence-corrected chi connectivity index (χ1v) is 7.48. The molecule has 0 N–H and O–H groups in total. The van der Waals surface area contributed by atoms with Gasteiger partial charge in [0.15, 0.2) is 0 Å². The second-order valence-corrected chi connectivity index (χ2v) is 6.88. The third-order valence-corrected chi connectivity index (χ3v) is 5.06. The van der Waals surface area contributed by atoms with Gasteiger partial charge in [-0.3, -0.25) is 4.79 Å². The summed E-state index contributed by atoms with van der Waals surface area (Å²) in [6, 6.07) is 0. The Morgan fingerprint density at radius 1 is 1.33 bits per heavy atom. The summed E-state index contributed by atoms with van der Waals surface area (Å²) in [6.07, 6.45) is 4.03. The van der Waals surface area contributed by atoms with Gasteiger partial charge in [0, 0.05) is 12.3 Å². The van der Waals surface area contributed by atoms with Gasteiger partial charge in [-0.05, 0) is 36.5 Å². The molecule has 0 aromatic carbocycles. The van der Waals surface area contributed by atoms with Crippen molar-refractivity contribution in [3.63, 3.8) is 0 Å². The molecule has 1 fully saturated rings. The molecule has 1 aliphatic carbocycles. The molecule has 2 heteroatoms. The molecular weight excluding hydrogens is 224 g/mol. The van der Waals surface area contributed by atoms with Crippen molar-refractivity contribution in [2.75, 3.05) is 0 Å². The van der Waals surface area contributed by atoms with Crippen molar-refractivity contribution >= 4 is 5.97 Å². The Morgan fingerprint density at radius 3 is 2.44 bits per heavy atom. The minimum Gasteiger partial charge on any atom is -0.462 e. The third kappa shape index (κ3) is 3.49. The molecule has 3 unspecified atom stereocenters. The van der Waals surface area contributed by atoms with E-state index in [1.807, 2.05) is 6.92 Å². The largest absolute Gasteiger partial charge is 0.462 e. The number of rotatable bonds is 4. The van der Waals surface area contributed by atoms with Crippen LogP contribution < -0.4 is 0 Å². The van der Waals surface area contributed by atoms with Crippen molar-refractivity contribution in [3.05, 3.63) is 0 Å². The van der Waals surface area contributed by atoms with Gasteiger partial charge in [0.1, 0.15) is 6.10 Å². The minimum absolute atomic E-state index is 0.0425. The van der Waals surface area contributed by atoms with E-state index in [0.717, 1.165) is 12.3 Å². The van der Waals surface area contributed by atoms with E-state index in [2.05, 4.69) is 34.6 Å². The molecule has 0 radical (unpaired) electrons. The van der Waals surface area contributed by atoms with Crippen LogP contribution >= 0.6 is 0 Å². The predicted octanol–water partition coefficient (Wildman–Crippen LogP) is 4.43. The standard InChI is InChI=1S/C16H30O2/c1-7-15(17)18-14-9-8-12(4)10-13(14)16(5,6)11(2)3/h11-14H,7-10H2,1-6H3.